The number of aliphatic hydroxyl groups excluding tert-OH is 1. The highest BCUT2D eigenvalue weighted by Crippen LogP contribution is 2.34. The number of hydrogen-bond acceptors (Lipinski definition) is 6. The minimum atomic E-state index is -1.05. The molecule has 9 heteroatoms. The molecule has 194 valence electrons. The molecule has 1 aliphatic heterocycles. The zero-order valence-electron chi connectivity index (χ0n) is 20.2. The second kappa shape index (κ2) is 11.5. The molecule has 2 aliphatic rings. The Morgan fingerprint density at radius 2 is 1.78 bits per heavy atom. The van der Waals surface area contributed by atoms with Crippen molar-refractivity contribution in [1.29, 1.82) is 0 Å². The number of rotatable bonds is 10. The minimum Gasteiger partial charge on any atom is -0.489 e. The number of hydrogen-bond donors (Lipinski definition) is 2. The molecule has 0 radical (unpaired) electrons. The lowest BCUT2D eigenvalue weighted by atomic mass is 10.0. The maximum atomic E-state index is 13.0. The molecule has 2 heterocycles. The van der Waals surface area contributed by atoms with Crippen LogP contribution in [0.3, 0.4) is 0 Å². The fourth-order valence-corrected chi connectivity index (χ4v) is 5.76. The summed E-state index contributed by atoms with van der Waals surface area (Å²) in [5.41, 5.74) is 1.76. The van der Waals surface area contributed by atoms with Gasteiger partial charge in [-0.25, -0.2) is 0 Å². The molecule has 3 aromatic rings. The van der Waals surface area contributed by atoms with Gasteiger partial charge in [-0.15, -0.1) is 11.3 Å². The number of aliphatic hydroxyl groups is 1. The van der Waals surface area contributed by atoms with Crippen molar-refractivity contribution in [2.45, 2.75) is 43.9 Å². The maximum absolute atomic E-state index is 13.0. The molecule has 2 aromatic carbocycles. The van der Waals surface area contributed by atoms with E-state index in [9.17, 15) is 14.7 Å². The van der Waals surface area contributed by atoms with Crippen LogP contribution in [0.2, 0.25) is 9.36 Å². The van der Waals surface area contributed by atoms with Gasteiger partial charge < -0.3 is 20.1 Å². The Morgan fingerprint density at radius 1 is 1.05 bits per heavy atom. The van der Waals surface area contributed by atoms with Gasteiger partial charge in [0.2, 0.25) is 5.78 Å². The van der Waals surface area contributed by atoms with E-state index >= 15 is 0 Å². The van der Waals surface area contributed by atoms with Crippen LogP contribution in [0.5, 0.6) is 5.75 Å². The lowest BCUT2D eigenvalue weighted by Crippen LogP contribution is -2.48. The van der Waals surface area contributed by atoms with Crippen molar-refractivity contribution in [3.63, 3.8) is 0 Å². The van der Waals surface area contributed by atoms with Gasteiger partial charge in [-0.1, -0.05) is 53.5 Å². The molecular weight excluding hydrogens is 531 g/mol. The van der Waals surface area contributed by atoms with Gasteiger partial charge in [-0.3, -0.25) is 9.59 Å². The van der Waals surface area contributed by atoms with Crippen LogP contribution < -0.4 is 10.1 Å². The molecule has 1 saturated heterocycles. The summed E-state index contributed by atoms with van der Waals surface area (Å²) in [6, 6.07) is 15.1. The maximum Gasteiger partial charge on any atom is 0.292 e. The van der Waals surface area contributed by atoms with E-state index in [0.29, 0.717) is 27.2 Å². The highest BCUT2D eigenvalue weighted by Gasteiger charge is 2.30. The Morgan fingerprint density at radius 3 is 2.41 bits per heavy atom. The lowest BCUT2D eigenvalue weighted by molar-refractivity contribution is -0.118. The van der Waals surface area contributed by atoms with Crippen LogP contribution in [0, 0.1) is 0 Å². The molecule has 2 unspecified atom stereocenters. The number of ketones is 1. The molecule has 0 bridgehead atoms. The molecule has 6 nitrogen and oxygen atoms in total. The number of nitrogens with zero attached hydrogens (tertiary/aromatic N) is 1. The highest BCUT2D eigenvalue weighted by atomic mass is 35.5. The molecule has 1 aliphatic carbocycles. The molecule has 2 N–H and O–H groups in total. The summed E-state index contributed by atoms with van der Waals surface area (Å²) in [6.45, 7) is 2.20. The van der Waals surface area contributed by atoms with Gasteiger partial charge >= 0.3 is 0 Å². The number of nitrogens with one attached hydrogen (secondary N) is 1. The SMILES string of the molecule is O=C(NC(CN1CCCC1)C(O)c1ccc(OC2CC2)c(Cl)c1)C(=O)c1ccc(-c2ccc(Cl)s2)cc1. The van der Waals surface area contributed by atoms with Gasteiger partial charge in [0.1, 0.15) is 11.9 Å². The summed E-state index contributed by atoms with van der Waals surface area (Å²) in [5.74, 6) is -0.820. The minimum absolute atomic E-state index is 0.207. The Kier molecular flexibility index (Phi) is 8.17. The summed E-state index contributed by atoms with van der Waals surface area (Å²) < 4.78 is 6.48. The van der Waals surface area contributed by atoms with E-state index in [1.165, 1.54) is 11.3 Å². The summed E-state index contributed by atoms with van der Waals surface area (Å²) >= 11 is 13.9. The Bertz CT molecular complexity index is 1270. The smallest absolute Gasteiger partial charge is 0.292 e. The fraction of sp³-hybridized carbons (Fsp3) is 0.357. The lowest BCUT2D eigenvalue weighted by Gasteiger charge is -2.28. The predicted octanol–water partition coefficient (Wildman–Crippen LogP) is 5.76. The third kappa shape index (κ3) is 6.54. The highest BCUT2D eigenvalue weighted by molar-refractivity contribution is 7.19. The van der Waals surface area contributed by atoms with Crippen molar-refractivity contribution in [2.75, 3.05) is 19.6 Å². The molecule has 2 fully saturated rings. The molecule has 5 rings (SSSR count). The van der Waals surface area contributed by atoms with Gasteiger partial charge in [-0.05, 0) is 74.2 Å². The van der Waals surface area contributed by atoms with Crippen LogP contribution in [-0.4, -0.2) is 53.5 Å². The van der Waals surface area contributed by atoms with E-state index in [-0.39, 0.29) is 11.7 Å². The number of thiophene rings is 1. The number of amides is 1. The molecule has 1 saturated carbocycles. The summed E-state index contributed by atoms with van der Waals surface area (Å²) in [7, 11) is 0. The Balaban J connectivity index is 1.30. The van der Waals surface area contributed by atoms with Gasteiger partial charge in [0.15, 0.2) is 0 Å². The number of halogens is 2. The Labute approximate surface area is 230 Å². The van der Waals surface area contributed by atoms with Crippen LogP contribution in [-0.2, 0) is 4.79 Å². The van der Waals surface area contributed by atoms with Crippen molar-refractivity contribution in [2.24, 2.45) is 0 Å². The van der Waals surface area contributed by atoms with Crippen LogP contribution in [0.4, 0.5) is 0 Å². The second-order valence-electron chi connectivity index (χ2n) is 9.55. The summed E-state index contributed by atoms with van der Waals surface area (Å²) in [4.78, 5) is 29.2. The first-order chi connectivity index (χ1) is 17.9. The molecular formula is C28H28Cl2N2O4S. The van der Waals surface area contributed by atoms with Gasteiger partial charge in [0.25, 0.3) is 5.91 Å². The van der Waals surface area contributed by atoms with E-state index in [2.05, 4.69) is 10.2 Å². The van der Waals surface area contributed by atoms with E-state index in [1.807, 2.05) is 12.1 Å². The first-order valence-corrected chi connectivity index (χ1v) is 14.0. The largest absolute Gasteiger partial charge is 0.489 e. The average Bonchev–Trinajstić information content (AvgIpc) is 3.36. The van der Waals surface area contributed by atoms with E-state index < -0.39 is 23.8 Å². The summed E-state index contributed by atoms with van der Waals surface area (Å²) in [6.07, 6.45) is 3.33. The van der Waals surface area contributed by atoms with Crippen molar-refractivity contribution in [3.05, 3.63) is 75.1 Å². The number of Topliss-reactive ketones (excluding diaryl/α,β-unsaturated/α-hetero) is 1. The number of benzene rings is 2. The first-order valence-electron chi connectivity index (χ1n) is 12.4. The monoisotopic (exact) mass is 558 g/mol. The zero-order valence-corrected chi connectivity index (χ0v) is 22.5. The Hall–Kier alpha value is -2.42. The van der Waals surface area contributed by atoms with E-state index in [4.69, 9.17) is 27.9 Å². The van der Waals surface area contributed by atoms with Crippen molar-refractivity contribution < 1.29 is 19.4 Å². The number of ether oxygens (including phenoxy) is 1. The van der Waals surface area contributed by atoms with Crippen molar-refractivity contribution in [1.82, 2.24) is 10.2 Å². The van der Waals surface area contributed by atoms with Gasteiger partial charge in [0, 0.05) is 17.0 Å². The van der Waals surface area contributed by atoms with Crippen LogP contribution in [0.15, 0.2) is 54.6 Å². The quantitative estimate of drug-likeness (QED) is 0.244. The molecule has 1 amide bonds. The van der Waals surface area contributed by atoms with Crippen LogP contribution in [0.25, 0.3) is 10.4 Å². The molecule has 0 spiro atoms. The zero-order chi connectivity index (χ0) is 25.9. The normalized spacial score (nSPS) is 17.4. The number of likely N-dealkylation sites (tertiary alicyclic amines) is 1. The van der Waals surface area contributed by atoms with Crippen LogP contribution >= 0.6 is 34.5 Å². The van der Waals surface area contributed by atoms with Gasteiger partial charge in [0.05, 0.1) is 21.5 Å². The first kappa shape index (κ1) is 26.2. The third-order valence-electron chi connectivity index (χ3n) is 6.68. The molecule has 1 aromatic heterocycles. The topological polar surface area (TPSA) is 78.9 Å². The molecule has 2 atom stereocenters. The second-order valence-corrected chi connectivity index (χ2v) is 11.7. The van der Waals surface area contributed by atoms with E-state index in [1.54, 1.807) is 42.5 Å². The fourth-order valence-electron chi connectivity index (χ4n) is 4.48. The van der Waals surface area contributed by atoms with Crippen molar-refractivity contribution in [3.8, 4) is 16.2 Å². The number of carbonyl (C=O) groups is 2. The third-order valence-corrected chi connectivity index (χ3v) is 8.25. The predicted molar refractivity (Wildman–Crippen MR) is 147 cm³/mol. The standard InChI is InChI=1S/C28H28Cl2N2O4S/c29-21-15-19(7-10-23(21)36-20-8-9-20)26(33)22(16-32-13-1-2-14-32)31-28(35)27(34)18-5-3-17(4-6-18)24-11-12-25(30)37-24/h3-7,10-12,15,20,22,26,33H,1-2,8-9,13-14,16H2,(H,31,35). The summed E-state index contributed by atoms with van der Waals surface area (Å²) in [5, 5.41) is 14.5. The average molecular weight is 560 g/mol. The van der Waals surface area contributed by atoms with Crippen molar-refractivity contribution >= 4 is 46.2 Å². The van der Waals surface area contributed by atoms with E-state index in [0.717, 1.165) is 49.2 Å². The van der Waals surface area contributed by atoms with Crippen LogP contribution in [0.1, 0.15) is 47.7 Å². The van der Waals surface area contributed by atoms with Gasteiger partial charge in [-0.2, -0.15) is 0 Å². The molecule has 37 heavy (non-hydrogen) atoms. The number of carbonyl (C=O) groups excluding carboxylic acids is 2.